The molecule has 0 spiro atoms. The van der Waals surface area contributed by atoms with Gasteiger partial charge in [-0.1, -0.05) is 29.8 Å². The van der Waals surface area contributed by atoms with Gasteiger partial charge in [0.25, 0.3) is 0 Å². The lowest BCUT2D eigenvalue weighted by molar-refractivity contribution is 0.409. The number of nitrogens with one attached hydrogen (secondary N) is 1. The molecule has 2 rings (SSSR count). The molecule has 1 aromatic carbocycles. The fourth-order valence-corrected chi connectivity index (χ4v) is 2.66. The molecule has 0 radical (unpaired) electrons. The third-order valence-electron chi connectivity index (χ3n) is 3.42. The molecule has 0 unspecified atom stereocenters. The Hall–Kier alpha value is -0.700. The van der Waals surface area contributed by atoms with Crippen molar-refractivity contribution < 1.29 is 4.74 Å². The summed E-state index contributed by atoms with van der Waals surface area (Å²) in [6.45, 7) is 6.29. The van der Waals surface area contributed by atoms with Gasteiger partial charge in [0, 0.05) is 11.6 Å². The van der Waals surface area contributed by atoms with Gasteiger partial charge in [-0.15, -0.1) is 0 Å². The molecule has 4 heteroatoms. The zero-order chi connectivity index (χ0) is 13.1. The molecule has 1 aliphatic rings. The Morgan fingerprint density at radius 2 is 1.89 bits per heavy atom. The number of benzene rings is 1. The van der Waals surface area contributed by atoms with E-state index in [1.807, 2.05) is 6.07 Å². The normalized spacial score (nSPS) is 16.6. The van der Waals surface area contributed by atoms with E-state index < -0.39 is 0 Å². The van der Waals surface area contributed by atoms with Crippen molar-refractivity contribution in [1.29, 1.82) is 0 Å². The second kappa shape index (κ2) is 5.96. The minimum absolute atomic E-state index is 0.484. The fraction of sp³-hybridized carbons (Fsp3) is 0.429. The molecule has 0 amide bonds. The standard InChI is InChI=1S/C14H17Cl2NO/c1-9(10-3-5-17-6-4-10)11-7-12(15)13(16)8-14(11)18-2/h7-8,10,17H,1,3-6H2,2H3. The second-order valence-electron chi connectivity index (χ2n) is 4.52. The monoisotopic (exact) mass is 285 g/mol. The third-order valence-corrected chi connectivity index (χ3v) is 4.14. The van der Waals surface area contributed by atoms with Crippen molar-refractivity contribution in [2.45, 2.75) is 12.8 Å². The highest BCUT2D eigenvalue weighted by Gasteiger charge is 2.20. The number of hydrogen-bond acceptors (Lipinski definition) is 2. The zero-order valence-corrected chi connectivity index (χ0v) is 11.9. The van der Waals surface area contributed by atoms with E-state index in [4.69, 9.17) is 27.9 Å². The molecule has 98 valence electrons. The van der Waals surface area contributed by atoms with Gasteiger partial charge in [0.15, 0.2) is 0 Å². The van der Waals surface area contributed by atoms with Gasteiger partial charge in [0.05, 0.1) is 17.2 Å². The summed E-state index contributed by atoms with van der Waals surface area (Å²) in [6.07, 6.45) is 2.20. The van der Waals surface area contributed by atoms with Crippen molar-refractivity contribution in [2.75, 3.05) is 20.2 Å². The average Bonchev–Trinajstić information content (AvgIpc) is 2.41. The molecular formula is C14H17Cl2NO. The molecule has 1 aliphatic heterocycles. The van der Waals surface area contributed by atoms with Crippen molar-refractivity contribution in [3.05, 3.63) is 34.3 Å². The summed E-state index contributed by atoms with van der Waals surface area (Å²) in [7, 11) is 1.64. The lowest BCUT2D eigenvalue weighted by Gasteiger charge is -2.25. The molecule has 18 heavy (non-hydrogen) atoms. The predicted molar refractivity (Wildman–Crippen MR) is 77.6 cm³/mol. The van der Waals surface area contributed by atoms with E-state index in [1.54, 1.807) is 13.2 Å². The molecule has 1 fully saturated rings. The number of allylic oxidation sites excluding steroid dienone is 1. The van der Waals surface area contributed by atoms with Crippen LogP contribution in [0.3, 0.4) is 0 Å². The Morgan fingerprint density at radius 1 is 1.28 bits per heavy atom. The van der Waals surface area contributed by atoms with Gasteiger partial charge in [0.1, 0.15) is 5.75 Å². The molecule has 0 bridgehead atoms. The molecule has 1 saturated heterocycles. The van der Waals surface area contributed by atoms with E-state index >= 15 is 0 Å². The molecule has 0 aliphatic carbocycles. The van der Waals surface area contributed by atoms with Crippen molar-refractivity contribution in [3.8, 4) is 5.75 Å². The van der Waals surface area contributed by atoms with Crippen molar-refractivity contribution in [3.63, 3.8) is 0 Å². The topological polar surface area (TPSA) is 21.3 Å². The average molecular weight is 286 g/mol. The van der Waals surface area contributed by atoms with Gasteiger partial charge < -0.3 is 10.1 Å². The molecule has 0 saturated carbocycles. The van der Waals surface area contributed by atoms with Crippen LogP contribution in [0.25, 0.3) is 5.57 Å². The van der Waals surface area contributed by atoms with Crippen molar-refractivity contribution in [1.82, 2.24) is 5.32 Å². The number of methoxy groups -OCH3 is 1. The molecular weight excluding hydrogens is 269 g/mol. The minimum atomic E-state index is 0.484. The van der Waals surface area contributed by atoms with Crippen LogP contribution in [0, 0.1) is 5.92 Å². The van der Waals surface area contributed by atoms with Crippen molar-refractivity contribution in [2.24, 2.45) is 5.92 Å². The van der Waals surface area contributed by atoms with E-state index in [0.717, 1.165) is 42.8 Å². The third kappa shape index (κ3) is 2.82. The van der Waals surface area contributed by atoms with Crippen LogP contribution in [0.15, 0.2) is 18.7 Å². The summed E-state index contributed by atoms with van der Waals surface area (Å²) in [5.41, 5.74) is 2.06. The maximum absolute atomic E-state index is 6.08. The Balaban J connectivity index is 2.31. The maximum atomic E-state index is 6.08. The highest BCUT2D eigenvalue weighted by molar-refractivity contribution is 6.42. The Morgan fingerprint density at radius 3 is 2.50 bits per heavy atom. The zero-order valence-electron chi connectivity index (χ0n) is 10.4. The summed E-state index contributed by atoms with van der Waals surface area (Å²) in [4.78, 5) is 0. The number of hydrogen-bond donors (Lipinski definition) is 1. The van der Waals surface area contributed by atoms with E-state index in [2.05, 4.69) is 11.9 Å². The van der Waals surface area contributed by atoms with E-state index in [0.29, 0.717) is 16.0 Å². The van der Waals surface area contributed by atoms with Crippen LogP contribution in [-0.4, -0.2) is 20.2 Å². The molecule has 0 atom stereocenters. The molecule has 1 N–H and O–H groups in total. The highest BCUT2D eigenvalue weighted by atomic mass is 35.5. The van der Waals surface area contributed by atoms with Crippen LogP contribution >= 0.6 is 23.2 Å². The highest BCUT2D eigenvalue weighted by Crippen LogP contribution is 2.38. The molecule has 0 aromatic heterocycles. The molecule has 2 nitrogen and oxygen atoms in total. The van der Waals surface area contributed by atoms with Gasteiger partial charge in [-0.2, -0.15) is 0 Å². The number of rotatable bonds is 3. The SMILES string of the molecule is C=C(c1cc(Cl)c(Cl)cc1OC)C1CCNCC1. The van der Waals surface area contributed by atoms with Gasteiger partial charge in [-0.3, -0.25) is 0 Å². The smallest absolute Gasteiger partial charge is 0.127 e. The maximum Gasteiger partial charge on any atom is 0.127 e. The molecule has 1 heterocycles. The van der Waals surface area contributed by atoms with Gasteiger partial charge in [-0.05, 0) is 43.5 Å². The first kappa shape index (κ1) is 13.7. The Labute approximate surface area is 118 Å². The summed E-state index contributed by atoms with van der Waals surface area (Å²) < 4.78 is 5.37. The van der Waals surface area contributed by atoms with Crippen LogP contribution < -0.4 is 10.1 Å². The van der Waals surface area contributed by atoms with Gasteiger partial charge in [0.2, 0.25) is 0 Å². The summed E-state index contributed by atoms with van der Waals surface area (Å²) in [5, 5.41) is 4.40. The lowest BCUT2D eigenvalue weighted by atomic mass is 9.86. The fourth-order valence-electron chi connectivity index (χ4n) is 2.34. The predicted octanol–water partition coefficient (Wildman–Crippen LogP) is 4.01. The van der Waals surface area contributed by atoms with Gasteiger partial charge >= 0.3 is 0 Å². The largest absolute Gasteiger partial charge is 0.496 e. The first-order valence-corrected chi connectivity index (χ1v) is 6.82. The minimum Gasteiger partial charge on any atom is -0.496 e. The summed E-state index contributed by atoms with van der Waals surface area (Å²) in [6, 6.07) is 3.61. The number of piperidine rings is 1. The van der Waals surface area contributed by atoms with Crippen LogP contribution in [-0.2, 0) is 0 Å². The van der Waals surface area contributed by atoms with Gasteiger partial charge in [-0.25, -0.2) is 0 Å². The van der Waals surface area contributed by atoms with E-state index in [9.17, 15) is 0 Å². The first-order valence-electron chi connectivity index (χ1n) is 6.06. The molecule has 1 aromatic rings. The van der Waals surface area contributed by atoms with Crippen LogP contribution in [0.2, 0.25) is 10.0 Å². The first-order chi connectivity index (χ1) is 8.63. The Bertz CT molecular complexity index is 453. The quantitative estimate of drug-likeness (QED) is 0.906. The van der Waals surface area contributed by atoms with Crippen molar-refractivity contribution >= 4 is 28.8 Å². The lowest BCUT2D eigenvalue weighted by Crippen LogP contribution is -2.28. The summed E-state index contributed by atoms with van der Waals surface area (Å²) >= 11 is 12.1. The summed E-state index contributed by atoms with van der Waals surface area (Å²) in [5.74, 6) is 1.23. The Kier molecular flexibility index (Phi) is 4.55. The van der Waals surface area contributed by atoms with Crippen LogP contribution in [0.5, 0.6) is 5.75 Å². The van der Waals surface area contributed by atoms with Crippen LogP contribution in [0.1, 0.15) is 18.4 Å². The van der Waals surface area contributed by atoms with Crippen LogP contribution in [0.4, 0.5) is 0 Å². The number of halogens is 2. The second-order valence-corrected chi connectivity index (χ2v) is 5.33. The van der Waals surface area contributed by atoms with E-state index in [-0.39, 0.29) is 0 Å². The van der Waals surface area contributed by atoms with E-state index in [1.165, 1.54) is 0 Å². The number of ether oxygens (including phenoxy) is 1.